The first-order valence-electron chi connectivity index (χ1n) is 17.4. The predicted molar refractivity (Wildman–Crippen MR) is 165 cm³/mol. The zero-order chi connectivity index (χ0) is 26.7. The Morgan fingerprint density at radius 1 is 0.459 bits per heavy atom. The van der Waals surface area contributed by atoms with Gasteiger partial charge >= 0.3 is 0 Å². The lowest BCUT2D eigenvalue weighted by molar-refractivity contribution is -0.704. The number of aromatic nitrogens is 2. The fraction of sp³-hybridized carbons (Fsp3) is 0.914. The van der Waals surface area contributed by atoms with Gasteiger partial charge in [-0.15, -0.1) is 0 Å². The summed E-state index contributed by atoms with van der Waals surface area (Å²) in [4.78, 5) is 0. The summed E-state index contributed by atoms with van der Waals surface area (Å²) in [5.74, 6) is 1.61. The van der Waals surface area contributed by atoms with E-state index < -0.39 is 0 Å². The fourth-order valence-electron chi connectivity index (χ4n) is 5.80. The molecule has 0 aliphatic rings. The molecule has 0 radical (unpaired) electrons. The smallest absolute Gasteiger partial charge is 0.234 e. The van der Waals surface area contributed by atoms with Crippen LogP contribution in [0.5, 0.6) is 0 Å². The first-order chi connectivity index (χ1) is 18.3. The number of aryl methyl sites for hydroxylation is 2. The van der Waals surface area contributed by atoms with Gasteiger partial charge in [0, 0.05) is 6.42 Å². The molecule has 0 N–H and O–H groups in total. The van der Waals surface area contributed by atoms with E-state index in [1.807, 2.05) is 0 Å². The van der Waals surface area contributed by atoms with Gasteiger partial charge in [-0.05, 0) is 32.1 Å². The van der Waals surface area contributed by atoms with Crippen molar-refractivity contribution in [3.63, 3.8) is 0 Å². The molecule has 0 spiro atoms. The van der Waals surface area contributed by atoms with E-state index in [2.05, 4.69) is 42.3 Å². The molecule has 1 aromatic heterocycles. The van der Waals surface area contributed by atoms with Gasteiger partial charge in [-0.1, -0.05) is 156 Å². The van der Waals surface area contributed by atoms with Crippen LogP contribution in [0.15, 0.2) is 12.4 Å². The molecule has 1 heterocycles. The van der Waals surface area contributed by atoms with Gasteiger partial charge in [0.05, 0.1) is 13.1 Å². The van der Waals surface area contributed by atoms with Crippen molar-refractivity contribution in [1.82, 2.24) is 4.57 Å². The van der Waals surface area contributed by atoms with E-state index >= 15 is 0 Å². The summed E-state index contributed by atoms with van der Waals surface area (Å²) in [6, 6.07) is 0. The van der Waals surface area contributed by atoms with Crippen LogP contribution in [0.1, 0.15) is 194 Å². The molecular weight excluding hydrogens is 448 g/mol. The SMILES string of the molecule is CCCCCCCCCCCCCCCCCCc1n(CCCCCCC)cc[n+]1CCCCCCC. The summed E-state index contributed by atoms with van der Waals surface area (Å²) in [6.45, 7) is 9.38. The molecule has 0 aliphatic heterocycles. The van der Waals surface area contributed by atoms with Gasteiger partial charge < -0.3 is 0 Å². The molecule has 0 saturated carbocycles. The Kier molecular flexibility index (Phi) is 24.8. The van der Waals surface area contributed by atoms with Crippen LogP contribution in [-0.4, -0.2) is 4.57 Å². The third kappa shape index (κ3) is 19.9. The molecule has 2 nitrogen and oxygen atoms in total. The molecule has 0 aliphatic carbocycles. The van der Waals surface area contributed by atoms with Crippen LogP contribution in [0.4, 0.5) is 0 Å². The lowest BCUT2D eigenvalue weighted by Gasteiger charge is -2.07. The molecule has 37 heavy (non-hydrogen) atoms. The Bertz CT molecular complexity index is 544. The molecule has 0 aromatic carbocycles. The van der Waals surface area contributed by atoms with Crippen LogP contribution in [0.3, 0.4) is 0 Å². The van der Waals surface area contributed by atoms with Crippen molar-refractivity contribution >= 4 is 0 Å². The number of hydrogen-bond acceptors (Lipinski definition) is 0. The normalized spacial score (nSPS) is 11.5. The maximum Gasteiger partial charge on any atom is 0.256 e. The highest BCUT2D eigenvalue weighted by Gasteiger charge is 2.16. The van der Waals surface area contributed by atoms with Crippen molar-refractivity contribution in [2.75, 3.05) is 0 Å². The maximum atomic E-state index is 2.60. The second-order valence-corrected chi connectivity index (χ2v) is 12.0. The van der Waals surface area contributed by atoms with E-state index in [4.69, 9.17) is 0 Å². The van der Waals surface area contributed by atoms with E-state index in [1.54, 1.807) is 5.82 Å². The van der Waals surface area contributed by atoms with Crippen molar-refractivity contribution in [3.8, 4) is 0 Å². The van der Waals surface area contributed by atoms with E-state index in [-0.39, 0.29) is 0 Å². The highest BCUT2D eigenvalue weighted by Crippen LogP contribution is 2.15. The molecule has 0 fully saturated rings. The van der Waals surface area contributed by atoms with Crippen molar-refractivity contribution in [3.05, 3.63) is 18.2 Å². The number of unbranched alkanes of at least 4 members (excludes halogenated alkanes) is 23. The summed E-state index contributed by atoms with van der Waals surface area (Å²) in [7, 11) is 0. The van der Waals surface area contributed by atoms with Crippen molar-refractivity contribution in [1.29, 1.82) is 0 Å². The zero-order valence-electron chi connectivity index (χ0n) is 26.1. The Labute approximate surface area is 234 Å². The van der Waals surface area contributed by atoms with E-state index in [0.29, 0.717) is 0 Å². The molecular formula is C35H69N2+. The Balaban J connectivity index is 2.16. The van der Waals surface area contributed by atoms with Crippen LogP contribution in [0.2, 0.25) is 0 Å². The topological polar surface area (TPSA) is 8.81 Å². The molecule has 1 rings (SSSR count). The first kappa shape index (κ1) is 34.2. The minimum atomic E-state index is 1.22. The summed E-state index contributed by atoms with van der Waals surface area (Å²) in [6.07, 6.45) is 43.0. The van der Waals surface area contributed by atoms with E-state index in [1.165, 1.54) is 186 Å². The third-order valence-corrected chi connectivity index (χ3v) is 8.35. The van der Waals surface area contributed by atoms with Gasteiger partial charge in [0.1, 0.15) is 12.4 Å². The Hall–Kier alpha value is -0.790. The van der Waals surface area contributed by atoms with Crippen molar-refractivity contribution in [2.45, 2.75) is 207 Å². The van der Waals surface area contributed by atoms with Gasteiger partial charge in [-0.3, -0.25) is 0 Å². The Morgan fingerprint density at radius 2 is 0.838 bits per heavy atom. The molecule has 218 valence electrons. The van der Waals surface area contributed by atoms with E-state index in [0.717, 1.165) is 0 Å². The third-order valence-electron chi connectivity index (χ3n) is 8.35. The van der Waals surface area contributed by atoms with Crippen molar-refractivity contribution in [2.24, 2.45) is 0 Å². The van der Waals surface area contributed by atoms with Gasteiger partial charge in [-0.25, -0.2) is 9.13 Å². The summed E-state index contributed by atoms with van der Waals surface area (Å²) >= 11 is 0. The minimum absolute atomic E-state index is 1.22. The highest BCUT2D eigenvalue weighted by atomic mass is 15.1. The number of nitrogens with zero attached hydrogens (tertiary/aromatic N) is 2. The summed E-state index contributed by atoms with van der Waals surface area (Å²) in [5, 5.41) is 0. The number of rotatable bonds is 29. The van der Waals surface area contributed by atoms with Crippen LogP contribution >= 0.6 is 0 Å². The average Bonchev–Trinajstić information content (AvgIpc) is 3.29. The standard InChI is InChI=1S/C35H69N2/c1-4-7-10-13-14-15-16-17-18-19-20-21-22-23-24-27-30-35-36(31-28-25-11-8-5-2)33-34-37(35)32-29-26-12-9-6-3/h33-34H,4-32H2,1-3H3/q+1. The lowest BCUT2D eigenvalue weighted by atomic mass is 10.0. The predicted octanol–water partition coefficient (Wildman–Crippen LogP) is 11.5. The summed E-state index contributed by atoms with van der Waals surface area (Å²) < 4.78 is 5.20. The molecule has 0 amide bonds. The van der Waals surface area contributed by atoms with Gasteiger partial charge in [-0.2, -0.15) is 0 Å². The van der Waals surface area contributed by atoms with Gasteiger partial charge in [0.2, 0.25) is 0 Å². The highest BCUT2D eigenvalue weighted by molar-refractivity contribution is 4.84. The first-order valence-corrected chi connectivity index (χ1v) is 17.4. The summed E-state index contributed by atoms with van der Waals surface area (Å²) in [5.41, 5.74) is 0. The van der Waals surface area contributed by atoms with Crippen LogP contribution in [-0.2, 0) is 19.5 Å². The van der Waals surface area contributed by atoms with Gasteiger partial charge in [0.25, 0.3) is 5.82 Å². The Morgan fingerprint density at radius 3 is 1.30 bits per heavy atom. The molecule has 2 heteroatoms. The number of imidazole rings is 1. The minimum Gasteiger partial charge on any atom is -0.234 e. The second kappa shape index (κ2) is 26.8. The fourth-order valence-corrected chi connectivity index (χ4v) is 5.80. The second-order valence-electron chi connectivity index (χ2n) is 12.0. The van der Waals surface area contributed by atoms with Gasteiger partial charge in [0.15, 0.2) is 0 Å². The number of hydrogen-bond donors (Lipinski definition) is 0. The molecule has 1 aromatic rings. The largest absolute Gasteiger partial charge is 0.256 e. The lowest BCUT2D eigenvalue weighted by Crippen LogP contribution is -2.37. The van der Waals surface area contributed by atoms with Crippen LogP contribution < -0.4 is 4.57 Å². The molecule has 0 saturated heterocycles. The molecule has 0 bridgehead atoms. The zero-order valence-corrected chi connectivity index (χ0v) is 26.1. The molecule has 0 unspecified atom stereocenters. The molecule has 0 atom stereocenters. The maximum absolute atomic E-state index is 2.60. The average molecular weight is 518 g/mol. The van der Waals surface area contributed by atoms with Crippen molar-refractivity contribution < 1.29 is 4.57 Å². The van der Waals surface area contributed by atoms with Crippen LogP contribution in [0.25, 0.3) is 0 Å². The monoisotopic (exact) mass is 518 g/mol. The van der Waals surface area contributed by atoms with Crippen LogP contribution in [0, 0.1) is 0 Å². The van der Waals surface area contributed by atoms with E-state index in [9.17, 15) is 0 Å². The quantitative estimate of drug-likeness (QED) is 0.0737.